The highest BCUT2D eigenvalue weighted by atomic mass is 32.2. The molecule has 6 heteroatoms. The molecule has 0 spiro atoms. The van der Waals surface area contributed by atoms with Crippen LogP contribution in [0.5, 0.6) is 0 Å². The van der Waals surface area contributed by atoms with Gasteiger partial charge in [-0.05, 0) is 26.2 Å². The van der Waals surface area contributed by atoms with Crippen molar-refractivity contribution in [3.8, 4) is 0 Å². The van der Waals surface area contributed by atoms with Crippen molar-refractivity contribution in [2.75, 3.05) is 13.1 Å². The highest BCUT2D eigenvalue weighted by molar-refractivity contribution is 7.97. The molecule has 0 bridgehead atoms. The van der Waals surface area contributed by atoms with Crippen molar-refractivity contribution in [2.24, 2.45) is 0 Å². The summed E-state index contributed by atoms with van der Waals surface area (Å²) in [4.78, 5) is 1.80. The average Bonchev–Trinajstić information content (AvgIpc) is 2.62. The van der Waals surface area contributed by atoms with Crippen LogP contribution >= 0.6 is 12.0 Å². The van der Waals surface area contributed by atoms with Gasteiger partial charge in [0.25, 0.3) is 0 Å². The van der Waals surface area contributed by atoms with Gasteiger partial charge in [0.15, 0.2) is 0 Å². The molecular weight excluding hydrogens is 239 g/mol. The van der Waals surface area contributed by atoms with Crippen LogP contribution in [-0.2, 0) is 4.18 Å². The Kier molecular flexibility index (Phi) is 3.13. The number of alkyl halides is 3. The zero-order chi connectivity index (χ0) is 11.8. The molecule has 0 aromatic rings. The summed E-state index contributed by atoms with van der Waals surface area (Å²) in [5.41, 5.74) is -1.88. The third-order valence-corrected chi connectivity index (χ3v) is 3.85. The lowest BCUT2D eigenvalue weighted by atomic mass is 9.99. The molecule has 2 aliphatic rings. The Morgan fingerprint density at radius 1 is 1.31 bits per heavy atom. The Morgan fingerprint density at radius 2 is 1.94 bits per heavy atom. The molecule has 1 unspecified atom stereocenters. The van der Waals surface area contributed by atoms with Crippen molar-refractivity contribution < 1.29 is 17.4 Å². The summed E-state index contributed by atoms with van der Waals surface area (Å²) >= 11 is 0.786. The zero-order valence-electron chi connectivity index (χ0n) is 9.01. The average molecular weight is 253 g/mol. The van der Waals surface area contributed by atoms with Crippen molar-refractivity contribution in [3.63, 3.8) is 0 Å². The second kappa shape index (κ2) is 4.14. The molecular formula is C10H14F3NOS. The number of likely N-dealkylation sites (tertiary alicyclic amines) is 1. The highest BCUT2D eigenvalue weighted by Crippen LogP contribution is 2.48. The van der Waals surface area contributed by atoms with Gasteiger partial charge in [-0.3, -0.25) is 4.18 Å². The first kappa shape index (κ1) is 12.1. The normalized spacial score (nSPS) is 31.8. The Labute approximate surface area is 97.0 Å². The fourth-order valence-electron chi connectivity index (χ4n) is 2.02. The number of nitrogens with zero attached hydrogens (tertiary/aromatic N) is 1. The summed E-state index contributed by atoms with van der Waals surface area (Å²) in [7, 11) is 0. The SMILES string of the molecule is CC1(C(F)(F)F)OSC=C1N1CCCCC1. The fraction of sp³-hybridized carbons (Fsp3) is 0.800. The second-order valence-electron chi connectivity index (χ2n) is 4.26. The van der Waals surface area contributed by atoms with Gasteiger partial charge in [0, 0.05) is 30.5 Å². The lowest BCUT2D eigenvalue weighted by Crippen LogP contribution is -2.49. The minimum atomic E-state index is -4.36. The second-order valence-corrected chi connectivity index (χ2v) is 4.86. The van der Waals surface area contributed by atoms with E-state index in [1.807, 2.05) is 0 Å². The maximum Gasteiger partial charge on any atom is 0.424 e. The predicted molar refractivity (Wildman–Crippen MR) is 56.6 cm³/mol. The van der Waals surface area contributed by atoms with Gasteiger partial charge in [-0.2, -0.15) is 13.2 Å². The molecule has 0 saturated carbocycles. The number of halogens is 3. The van der Waals surface area contributed by atoms with Crippen LogP contribution in [0.2, 0.25) is 0 Å². The van der Waals surface area contributed by atoms with E-state index in [4.69, 9.17) is 4.18 Å². The molecule has 1 saturated heterocycles. The molecule has 1 fully saturated rings. The van der Waals surface area contributed by atoms with Crippen molar-refractivity contribution in [1.29, 1.82) is 0 Å². The van der Waals surface area contributed by atoms with Crippen LogP contribution in [-0.4, -0.2) is 29.8 Å². The maximum absolute atomic E-state index is 12.9. The summed E-state index contributed by atoms with van der Waals surface area (Å²) in [6, 6.07) is 0. The van der Waals surface area contributed by atoms with Gasteiger partial charge >= 0.3 is 6.18 Å². The molecule has 0 N–H and O–H groups in total. The van der Waals surface area contributed by atoms with Crippen molar-refractivity contribution in [2.45, 2.75) is 38.0 Å². The third kappa shape index (κ3) is 1.93. The Hall–Kier alpha value is -0.360. The van der Waals surface area contributed by atoms with Gasteiger partial charge in [-0.1, -0.05) is 0 Å². The number of hydrogen-bond donors (Lipinski definition) is 0. The van der Waals surface area contributed by atoms with Crippen LogP contribution in [0.15, 0.2) is 11.1 Å². The van der Waals surface area contributed by atoms with E-state index in [1.165, 1.54) is 5.41 Å². The first-order valence-corrected chi connectivity index (χ1v) is 6.12. The fourth-order valence-corrected chi connectivity index (χ4v) is 2.91. The van der Waals surface area contributed by atoms with Crippen molar-refractivity contribution >= 4 is 12.0 Å². The van der Waals surface area contributed by atoms with E-state index in [-0.39, 0.29) is 5.70 Å². The van der Waals surface area contributed by atoms with Crippen LogP contribution in [0, 0.1) is 0 Å². The monoisotopic (exact) mass is 253 g/mol. The lowest BCUT2D eigenvalue weighted by molar-refractivity contribution is -0.226. The molecule has 0 aromatic carbocycles. The van der Waals surface area contributed by atoms with Crippen LogP contribution < -0.4 is 0 Å². The quantitative estimate of drug-likeness (QED) is 0.665. The highest BCUT2D eigenvalue weighted by Gasteiger charge is 2.59. The van der Waals surface area contributed by atoms with Crippen molar-refractivity contribution in [3.05, 3.63) is 11.1 Å². The summed E-state index contributed by atoms with van der Waals surface area (Å²) in [5, 5.41) is 1.48. The molecule has 0 aromatic heterocycles. The molecule has 2 nitrogen and oxygen atoms in total. The standard InChI is InChI=1S/C10H14F3NOS/c1-9(10(11,12)13)8(7-16-15-9)14-5-3-2-4-6-14/h7H,2-6H2,1H3. The van der Waals surface area contributed by atoms with Gasteiger partial charge in [-0.15, -0.1) is 0 Å². The maximum atomic E-state index is 12.9. The molecule has 16 heavy (non-hydrogen) atoms. The zero-order valence-corrected chi connectivity index (χ0v) is 9.83. The minimum absolute atomic E-state index is 0.268. The van der Waals surface area contributed by atoms with Crippen molar-refractivity contribution in [1.82, 2.24) is 4.90 Å². The Balaban J connectivity index is 2.19. The van der Waals surface area contributed by atoms with Crippen LogP contribution in [0.25, 0.3) is 0 Å². The van der Waals surface area contributed by atoms with Gasteiger partial charge in [0.05, 0.1) is 5.70 Å². The summed E-state index contributed by atoms with van der Waals surface area (Å²) in [6.07, 6.45) is -1.35. The predicted octanol–water partition coefficient (Wildman–Crippen LogP) is 3.31. The molecule has 2 rings (SSSR count). The molecule has 0 radical (unpaired) electrons. The molecule has 92 valence electrons. The molecule has 2 aliphatic heterocycles. The summed E-state index contributed by atoms with van der Waals surface area (Å²) in [5.74, 6) is 0. The van der Waals surface area contributed by atoms with E-state index < -0.39 is 11.8 Å². The van der Waals surface area contributed by atoms with Gasteiger partial charge in [0.1, 0.15) is 0 Å². The van der Waals surface area contributed by atoms with Gasteiger partial charge in [0.2, 0.25) is 5.60 Å². The smallest absolute Gasteiger partial charge is 0.372 e. The van der Waals surface area contributed by atoms with Gasteiger partial charge < -0.3 is 4.90 Å². The van der Waals surface area contributed by atoms with E-state index >= 15 is 0 Å². The summed E-state index contributed by atoms with van der Waals surface area (Å²) in [6.45, 7) is 2.50. The lowest BCUT2D eigenvalue weighted by Gasteiger charge is -2.37. The van der Waals surface area contributed by atoms with Gasteiger partial charge in [-0.25, -0.2) is 0 Å². The minimum Gasteiger partial charge on any atom is -0.372 e. The molecule has 2 heterocycles. The first-order chi connectivity index (χ1) is 7.45. The number of rotatable bonds is 1. The van der Waals surface area contributed by atoms with E-state index in [0.717, 1.165) is 38.2 Å². The summed E-state index contributed by atoms with van der Waals surface area (Å²) < 4.78 is 43.7. The topological polar surface area (TPSA) is 12.5 Å². The van der Waals surface area contributed by atoms with E-state index in [1.54, 1.807) is 4.90 Å². The first-order valence-electron chi connectivity index (χ1n) is 5.32. The van der Waals surface area contributed by atoms with E-state index in [0.29, 0.717) is 13.1 Å². The Morgan fingerprint density at radius 3 is 2.50 bits per heavy atom. The molecule has 1 atom stereocenters. The Bertz CT molecular complexity index is 299. The van der Waals surface area contributed by atoms with Crippen LogP contribution in [0.3, 0.4) is 0 Å². The molecule has 0 amide bonds. The van der Waals surface area contributed by atoms with Crippen LogP contribution in [0.4, 0.5) is 13.2 Å². The third-order valence-electron chi connectivity index (χ3n) is 3.10. The largest absolute Gasteiger partial charge is 0.424 e. The van der Waals surface area contributed by atoms with Crippen LogP contribution in [0.1, 0.15) is 26.2 Å². The molecule has 0 aliphatic carbocycles. The van der Waals surface area contributed by atoms with E-state index in [9.17, 15) is 13.2 Å². The van der Waals surface area contributed by atoms with E-state index in [2.05, 4.69) is 0 Å². The number of piperidine rings is 1. The number of hydrogen-bond acceptors (Lipinski definition) is 3.